The number of nitrogens with zero attached hydrogens (tertiary/aromatic N) is 1. The van der Waals surface area contributed by atoms with Gasteiger partial charge in [0.25, 0.3) is 5.91 Å². The van der Waals surface area contributed by atoms with Crippen LogP contribution in [0.15, 0.2) is 24.3 Å². The van der Waals surface area contributed by atoms with Crippen LogP contribution in [0.2, 0.25) is 0 Å². The third-order valence-corrected chi connectivity index (χ3v) is 3.67. The zero-order valence-corrected chi connectivity index (χ0v) is 12.6. The van der Waals surface area contributed by atoms with Crippen molar-refractivity contribution in [1.29, 1.82) is 0 Å². The van der Waals surface area contributed by atoms with Crippen molar-refractivity contribution in [3.05, 3.63) is 29.8 Å². The lowest BCUT2D eigenvalue weighted by atomic mass is 10.0. The molecule has 1 fully saturated rings. The molecule has 2 N–H and O–H groups in total. The van der Waals surface area contributed by atoms with Crippen LogP contribution in [0.1, 0.15) is 37.0 Å². The highest BCUT2D eigenvalue weighted by Crippen LogP contribution is 2.17. The van der Waals surface area contributed by atoms with Crippen LogP contribution in [0.3, 0.4) is 0 Å². The SMILES string of the molecule is CC(C)Nc1ccccc1C(=O)NC1CCN(C)CC1. The number of nitrogens with one attached hydrogen (secondary N) is 2. The van der Waals surface area contributed by atoms with Gasteiger partial charge in [-0.05, 0) is 59.0 Å². The number of carbonyl (C=O) groups excluding carboxylic acids is 1. The number of amides is 1. The average Bonchev–Trinajstić information content (AvgIpc) is 2.41. The molecule has 20 heavy (non-hydrogen) atoms. The van der Waals surface area contributed by atoms with Crippen molar-refractivity contribution in [2.45, 2.75) is 38.8 Å². The van der Waals surface area contributed by atoms with Crippen molar-refractivity contribution >= 4 is 11.6 Å². The molecule has 0 spiro atoms. The number of hydrogen-bond acceptors (Lipinski definition) is 3. The van der Waals surface area contributed by atoms with Gasteiger partial charge in [-0.3, -0.25) is 4.79 Å². The first-order valence-corrected chi connectivity index (χ1v) is 7.41. The van der Waals surface area contributed by atoms with E-state index in [1.54, 1.807) is 0 Å². The van der Waals surface area contributed by atoms with Gasteiger partial charge in [-0.1, -0.05) is 12.1 Å². The summed E-state index contributed by atoms with van der Waals surface area (Å²) in [5, 5.41) is 6.49. The second-order valence-electron chi connectivity index (χ2n) is 5.90. The summed E-state index contributed by atoms with van der Waals surface area (Å²) in [6.07, 6.45) is 2.06. The molecule has 0 saturated carbocycles. The molecule has 1 amide bonds. The van der Waals surface area contributed by atoms with E-state index in [2.05, 4.69) is 36.4 Å². The molecule has 1 aliphatic rings. The van der Waals surface area contributed by atoms with Crippen LogP contribution in [-0.4, -0.2) is 43.0 Å². The largest absolute Gasteiger partial charge is 0.382 e. The molecule has 0 aliphatic carbocycles. The van der Waals surface area contributed by atoms with E-state index in [1.807, 2.05) is 24.3 Å². The fourth-order valence-corrected chi connectivity index (χ4v) is 2.53. The van der Waals surface area contributed by atoms with E-state index in [4.69, 9.17) is 0 Å². The highest BCUT2D eigenvalue weighted by molar-refractivity contribution is 5.99. The summed E-state index contributed by atoms with van der Waals surface area (Å²) in [6, 6.07) is 8.32. The summed E-state index contributed by atoms with van der Waals surface area (Å²) in [4.78, 5) is 14.7. The van der Waals surface area contributed by atoms with Gasteiger partial charge in [-0.15, -0.1) is 0 Å². The number of carbonyl (C=O) groups is 1. The molecule has 110 valence electrons. The number of benzene rings is 1. The molecule has 0 unspecified atom stereocenters. The van der Waals surface area contributed by atoms with Gasteiger partial charge in [-0.25, -0.2) is 0 Å². The van der Waals surface area contributed by atoms with Gasteiger partial charge in [0.1, 0.15) is 0 Å². The van der Waals surface area contributed by atoms with Crippen molar-refractivity contribution in [2.75, 3.05) is 25.5 Å². The Hall–Kier alpha value is -1.55. The predicted molar refractivity (Wildman–Crippen MR) is 83.2 cm³/mol. The zero-order valence-electron chi connectivity index (χ0n) is 12.6. The van der Waals surface area contributed by atoms with E-state index in [1.165, 1.54) is 0 Å². The maximum absolute atomic E-state index is 12.4. The molecular weight excluding hydrogens is 250 g/mol. The Morgan fingerprint density at radius 2 is 1.90 bits per heavy atom. The summed E-state index contributed by atoms with van der Waals surface area (Å²) < 4.78 is 0. The van der Waals surface area contributed by atoms with E-state index in [9.17, 15) is 4.79 Å². The minimum atomic E-state index is 0.0308. The molecule has 0 atom stereocenters. The van der Waals surface area contributed by atoms with Crippen LogP contribution in [0.25, 0.3) is 0 Å². The van der Waals surface area contributed by atoms with Gasteiger partial charge in [0.05, 0.1) is 5.56 Å². The van der Waals surface area contributed by atoms with Crippen LogP contribution < -0.4 is 10.6 Å². The predicted octanol–water partition coefficient (Wildman–Crippen LogP) is 2.33. The topological polar surface area (TPSA) is 44.4 Å². The Balaban J connectivity index is 2.01. The first-order valence-electron chi connectivity index (χ1n) is 7.41. The van der Waals surface area contributed by atoms with Crippen LogP contribution >= 0.6 is 0 Å². The lowest BCUT2D eigenvalue weighted by Crippen LogP contribution is -2.43. The Kier molecular flexibility index (Phi) is 5.01. The quantitative estimate of drug-likeness (QED) is 0.886. The molecule has 1 aromatic carbocycles. The number of rotatable bonds is 4. The van der Waals surface area contributed by atoms with Gasteiger partial charge < -0.3 is 15.5 Å². The first-order chi connectivity index (χ1) is 9.56. The number of piperidine rings is 1. The highest BCUT2D eigenvalue weighted by Gasteiger charge is 2.20. The smallest absolute Gasteiger partial charge is 0.253 e. The van der Waals surface area contributed by atoms with Crippen molar-refractivity contribution in [3.63, 3.8) is 0 Å². The maximum atomic E-state index is 12.4. The average molecular weight is 275 g/mol. The Morgan fingerprint density at radius 3 is 2.55 bits per heavy atom. The van der Waals surface area contributed by atoms with E-state index in [0.717, 1.165) is 37.2 Å². The van der Waals surface area contributed by atoms with Crippen molar-refractivity contribution < 1.29 is 4.79 Å². The standard InChI is InChI=1S/C16H25N3O/c1-12(2)17-15-7-5-4-6-14(15)16(20)18-13-8-10-19(3)11-9-13/h4-7,12-13,17H,8-11H2,1-3H3,(H,18,20). The number of para-hydroxylation sites is 1. The zero-order chi connectivity index (χ0) is 14.5. The Bertz CT molecular complexity index is 451. The third kappa shape index (κ3) is 3.97. The van der Waals surface area contributed by atoms with E-state index in [0.29, 0.717) is 12.1 Å². The summed E-state index contributed by atoms with van der Waals surface area (Å²) in [5.74, 6) is 0.0308. The molecule has 0 aromatic heterocycles. The molecule has 4 heteroatoms. The summed E-state index contributed by atoms with van der Waals surface area (Å²) in [5.41, 5.74) is 1.65. The van der Waals surface area contributed by atoms with Gasteiger partial charge in [0.2, 0.25) is 0 Å². The minimum Gasteiger partial charge on any atom is -0.382 e. The van der Waals surface area contributed by atoms with E-state index < -0.39 is 0 Å². The number of anilines is 1. The minimum absolute atomic E-state index is 0.0308. The van der Waals surface area contributed by atoms with Gasteiger partial charge >= 0.3 is 0 Å². The molecule has 1 aromatic rings. The summed E-state index contributed by atoms with van der Waals surface area (Å²) >= 11 is 0. The molecular formula is C16H25N3O. The van der Waals surface area contributed by atoms with Crippen LogP contribution in [0.5, 0.6) is 0 Å². The van der Waals surface area contributed by atoms with Gasteiger partial charge in [-0.2, -0.15) is 0 Å². The lowest BCUT2D eigenvalue weighted by Gasteiger charge is -2.29. The van der Waals surface area contributed by atoms with Crippen LogP contribution in [-0.2, 0) is 0 Å². The van der Waals surface area contributed by atoms with Crippen molar-refractivity contribution in [3.8, 4) is 0 Å². The molecule has 1 saturated heterocycles. The number of likely N-dealkylation sites (tertiary alicyclic amines) is 1. The van der Waals surface area contributed by atoms with Crippen molar-refractivity contribution in [2.24, 2.45) is 0 Å². The van der Waals surface area contributed by atoms with Crippen LogP contribution in [0.4, 0.5) is 5.69 Å². The number of hydrogen-bond donors (Lipinski definition) is 2. The first kappa shape index (κ1) is 14.9. The Labute approximate surface area is 121 Å². The molecule has 1 heterocycles. The maximum Gasteiger partial charge on any atom is 0.253 e. The third-order valence-electron chi connectivity index (χ3n) is 3.67. The summed E-state index contributed by atoms with van der Waals surface area (Å²) in [7, 11) is 2.12. The van der Waals surface area contributed by atoms with Crippen LogP contribution in [0, 0.1) is 0 Å². The van der Waals surface area contributed by atoms with Crippen molar-refractivity contribution in [1.82, 2.24) is 10.2 Å². The molecule has 0 radical (unpaired) electrons. The highest BCUT2D eigenvalue weighted by atomic mass is 16.1. The molecule has 1 aliphatic heterocycles. The second-order valence-corrected chi connectivity index (χ2v) is 5.90. The van der Waals surface area contributed by atoms with E-state index >= 15 is 0 Å². The van der Waals surface area contributed by atoms with Gasteiger partial charge in [0.15, 0.2) is 0 Å². The Morgan fingerprint density at radius 1 is 1.25 bits per heavy atom. The van der Waals surface area contributed by atoms with E-state index in [-0.39, 0.29) is 5.91 Å². The normalized spacial score (nSPS) is 17.2. The molecule has 2 rings (SSSR count). The monoisotopic (exact) mass is 275 g/mol. The molecule has 0 bridgehead atoms. The fraction of sp³-hybridized carbons (Fsp3) is 0.562. The molecule has 4 nitrogen and oxygen atoms in total. The lowest BCUT2D eigenvalue weighted by molar-refractivity contribution is 0.0917. The van der Waals surface area contributed by atoms with Gasteiger partial charge in [0, 0.05) is 17.8 Å². The fourth-order valence-electron chi connectivity index (χ4n) is 2.53. The second kappa shape index (κ2) is 6.75. The summed E-state index contributed by atoms with van der Waals surface area (Å²) in [6.45, 7) is 6.25.